The zero-order valence-electron chi connectivity index (χ0n) is 10.5. The molecule has 0 bridgehead atoms. The molecule has 100 valence electrons. The highest BCUT2D eigenvalue weighted by molar-refractivity contribution is 6.06. The fraction of sp³-hybridized carbons (Fsp3) is 0.727. The lowest BCUT2D eigenvalue weighted by atomic mass is 10.1. The largest absolute Gasteiger partial charge is 0.389 e. The number of nitrogens with zero attached hydrogens (tertiary/aromatic N) is 2. The Hall–Kier alpha value is -1.63. The molecule has 0 radical (unpaired) electrons. The quantitative estimate of drug-likeness (QED) is 0.627. The molecule has 0 unspecified atom stereocenters. The van der Waals surface area contributed by atoms with E-state index < -0.39 is 17.7 Å². The van der Waals surface area contributed by atoms with Gasteiger partial charge in [-0.15, -0.1) is 0 Å². The second kappa shape index (κ2) is 4.24. The molecule has 7 heteroatoms. The van der Waals surface area contributed by atoms with Crippen LogP contribution in [-0.2, 0) is 9.59 Å². The summed E-state index contributed by atoms with van der Waals surface area (Å²) in [6, 6.07) is -0.457. The molecule has 0 aromatic carbocycles. The highest BCUT2D eigenvalue weighted by Gasteiger charge is 2.44. The number of likely N-dealkylation sites (tertiary alicyclic amines) is 1. The standard InChI is InChI=1S/C11H17N3O4/c1-11(2)9(17)14(10(18)12-11)4-3-8(16)13-5-7(15)6-13/h7,15H,3-6H2,1-2H3,(H,12,18). The monoisotopic (exact) mass is 255 g/mol. The average molecular weight is 255 g/mol. The molecule has 0 atom stereocenters. The van der Waals surface area contributed by atoms with E-state index in [-0.39, 0.29) is 24.8 Å². The number of urea groups is 1. The molecule has 2 fully saturated rings. The van der Waals surface area contributed by atoms with E-state index in [4.69, 9.17) is 5.11 Å². The molecule has 0 aliphatic carbocycles. The summed E-state index contributed by atoms with van der Waals surface area (Å²) in [4.78, 5) is 37.6. The van der Waals surface area contributed by atoms with Crippen LogP contribution in [0.2, 0.25) is 0 Å². The highest BCUT2D eigenvalue weighted by Crippen LogP contribution is 2.17. The number of aliphatic hydroxyl groups excluding tert-OH is 1. The summed E-state index contributed by atoms with van der Waals surface area (Å²) in [5.41, 5.74) is -0.896. The molecule has 2 heterocycles. The van der Waals surface area contributed by atoms with Gasteiger partial charge in [-0.25, -0.2) is 4.79 Å². The Morgan fingerprint density at radius 2 is 2.06 bits per heavy atom. The van der Waals surface area contributed by atoms with Crippen LogP contribution in [0.1, 0.15) is 20.3 Å². The average Bonchev–Trinajstić information content (AvgIpc) is 2.42. The first-order chi connectivity index (χ1) is 8.31. The summed E-state index contributed by atoms with van der Waals surface area (Å²) in [6.45, 7) is 4.01. The normalized spacial score (nSPS) is 23.1. The van der Waals surface area contributed by atoms with Gasteiger partial charge in [-0.2, -0.15) is 0 Å². The third-order valence-corrected chi connectivity index (χ3v) is 3.21. The molecule has 7 nitrogen and oxygen atoms in total. The molecule has 2 rings (SSSR count). The Morgan fingerprint density at radius 3 is 2.50 bits per heavy atom. The zero-order valence-corrected chi connectivity index (χ0v) is 10.5. The van der Waals surface area contributed by atoms with Crippen molar-refractivity contribution in [1.82, 2.24) is 15.1 Å². The minimum absolute atomic E-state index is 0.0829. The number of carbonyl (C=O) groups is 3. The first-order valence-corrected chi connectivity index (χ1v) is 5.91. The molecule has 0 saturated carbocycles. The maximum atomic E-state index is 11.8. The molecule has 0 spiro atoms. The second-order valence-corrected chi connectivity index (χ2v) is 5.21. The first kappa shape index (κ1) is 12.8. The molecule has 0 aromatic rings. The van der Waals surface area contributed by atoms with E-state index in [0.717, 1.165) is 4.90 Å². The fourth-order valence-corrected chi connectivity index (χ4v) is 2.05. The van der Waals surface area contributed by atoms with Crippen LogP contribution in [0.3, 0.4) is 0 Å². The molecule has 2 N–H and O–H groups in total. The maximum absolute atomic E-state index is 11.8. The number of β-amino-alcohol motifs (C(OH)–C–C–N with tert-alkyl or cyclic N) is 1. The van der Waals surface area contributed by atoms with Gasteiger partial charge < -0.3 is 15.3 Å². The molecular weight excluding hydrogens is 238 g/mol. The van der Waals surface area contributed by atoms with Gasteiger partial charge in [0.25, 0.3) is 5.91 Å². The number of nitrogens with one attached hydrogen (secondary N) is 1. The summed E-state index contributed by atoms with van der Waals surface area (Å²) in [7, 11) is 0. The van der Waals surface area contributed by atoms with Crippen LogP contribution in [0, 0.1) is 0 Å². The predicted molar refractivity (Wildman–Crippen MR) is 61.5 cm³/mol. The van der Waals surface area contributed by atoms with Crippen LogP contribution in [0.5, 0.6) is 0 Å². The molecule has 4 amide bonds. The molecule has 18 heavy (non-hydrogen) atoms. The van der Waals surface area contributed by atoms with Crippen molar-refractivity contribution >= 4 is 17.8 Å². The van der Waals surface area contributed by atoms with Gasteiger partial charge in [0.05, 0.1) is 6.10 Å². The van der Waals surface area contributed by atoms with Crippen molar-refractivity contribution in [2.45, 2.75) is 31.9 Å². The second-order valence-electron chi connectivity index (χ2n) is 5.21. The van der Waals surface area contributed by atoms with Crippen molar-refractivity contribution in [2.24, 2.45) is 0 Å². The number of amides is 4. The predicted octanol–water partition coefficient (Wildman–Crippen LogP) is -1.09. The zero-order chi connectivity index (χ0) is 13.5. The maximum Gasteiger partial charge on any atom is 0.325 e. The van der Waals surface area contributed by atoms with E-state index >= 15 is 0 Å². The lowest BCUT2D eigenvalue weighted by Gasteiger charge is -2.36. The van der Waals surface area contributed by atoms with E-state index in [1.165, 1.54) is 4.90 Å². The van der Waals surface area contributed by atoms with E-state index in [0.29, 0.717) is 13.1 Å². The van der Waals surface area contributed by atoms with Gasteiger partial charge in [0.2, 0.25) is 5.91 Å². The topological polar surface area (TPSA) is 90.0 Å². The fourth-order valence-electron chi connectivity index (χ4n) is 2.05. The van der Waals surface area contributed by atoms with Crippen LogP contribution in [-0.4, -0.2) is 64.0 Å². The third kappa shape index (κ3) is 2.17. The lowest BCUT2D eigenvalue weighted by Crippen LogP contribution is -2.54. The van der Waals surface area contributed by atoms with Crippen molar-refractivity contribution in [1.29, 1.82) is 0 Å². The summed E-state index contributed by atoms with van der Waals surface area (Å²) < 4.78 is 0. The van der Waals surface area contributed by atoms with Crippen molar-refractivity contribution in [2.75, 3.05) is 19.6 Å². The number of hydrogen-bond donors (Lipinski definition) is 2. The summed E-state index contributed by atoms with van der Waals surface area (Å²) in [6.07, 6.45) is -0.341. The smallest absolute Gasteiger partial charge is 0.325 e. The van der Waals surface area contributed by atoms with Crippen LogP contribution in [0.4, 0.5) is 4.79 Å². The van der Waals surface area contributed by atoms with Gasteiger partial charge in [-0.05, 0) is 13.8 Å². The Labute approximate surface area is 105 Å². The summed E-state index contributed by atoms with van der Waals surface area (Å²) in [5.74, 6) is -0.463. The van der Waals surface area contributed by atoms with Crippen LogP contribution in [0.25, 0.3) is 0 Å². The van der Waals surface area contributed by atoms with Gasteiger partial charge in [0.1, 0.15) is 5.54 Å². The number of hydrogen-bond acceptors (Lipinski definition) is 4. The summed E-state index contributed by atoms with van der Waals surface area (Å²) >= 11 is 0. The number of imide groups is 1. The SMILES string of the molecule is CC1(C)NC(=O)N(CCC(=O)N2CC(O)C2)C1=O. The molecule has 2 aliphatic heterocycles. The van der Waals surface area contributed by atoms with Crippen molar-refractivity contribution in [3.63, 3.8) is 0 Å². The van der Waals surface area contributed by atoms with Gasteiger partial charge in [-0.1, -0.05) is 0 Å². The van der Waals surface area contributed by atoms with Gasteiger partial charge in [-0.3, -0.25) is 14.5 Å². The number of aliphatic hydroxyl groups is 1. The molecule has 0 aromatic heterocycles. The highest BCUT2D eigenvalue weighted by atomic mass is 16.3. The van der Waals surface area contributed by atoms with Crippen molar-refractivity contribution < 1.29 is 19.5 Å². The lowest BCUT2D eigenvalue weighted by molar-refractivity contribution is -0.141. The number of carbonyl (C=O) groups excluding carboxylic acids is 3. The first-order valence-electron chi connectivity index (χ1n) is 5.91. The Balaban J connectivity index is 1.85. The molecule has 2 saturated heterocycles. The van der Waals surface area contributed by atoms with Crippen LogP contribution in [0.15, 0.2) is 0 Å². The summed E-state index contributed by atoms with van der Waals surface area (Å²) in [5, 5.41) is 11.6. The third-order valence-electron chi connectivity index (χ3n) is 3.21. The van der Waals surface area contributed by atoms with E-state index in [1.54, 1.807) is 13.8 Å². The van der Waals surface area contributed by atoms with Gasteiger partial charge >= 0.3 is 6.03 Å². The van der Waals surface area contributed by atoms with E-state index in [2.05, 4.69) is 5.32 Å². The minimum Gasteiger partial charge on any atom is -0.389 e. The molecular formula is C11H17N3O4. The van der Waals surface area contributed by atoms with E-state index in [9.17, 15) is 14.4 Å². The molecule has 2 aliphatic rings. The van der Waals surface area contributed by atoms with Crippen LogP contribution < -0.4 is 5.32 Å². The van der Waals surface area contributed by atoms with Gasteiger partial charge in [0, 0.05) is 26.1 Å². The Bertz CT molecular complexity index is 401. The van der Waals surface area contributed by atoms with Gasteiger partial charge in [0.15, 0.2) is 0 Å². The minimum atomic E-state index is -0.896. The van der Waals surface area contributed by atoms with Crippen LogP contribution >= 0.6 is 0 Å². The Morgan fingerprint density at radius 1 is 1.44 bits per heavy atom. The van der Waals surface area contributed by atoms with E-state index in [1.807, 2.05) is 0 Å². The van der Waals surface area contributed by atoms with Crippen molar-refractivity contribution in [3.8, 4) is 0 Å². The van der Waals surface area contributed by atoms with Crippen molar-refractivity contribution in [3.05, 3.63) is 0 Å². The number of rotatable bonds is 3. The Kier molecular flexibility index (Phi) is 3.02.